The molecule has 1 aliphatic heterocycles. The van der Waals surface area contributed by atoms with Crippen LogP contribution in [0.2, 0.25) is 0 Å². The molecule has 0 aliphatic carbocycles. The van der Waals surface area contributed by atoms with Crippen LogP contribution in [0.15, 0.2) is 18.2 Å². The summed E-state index contributed by atoms with van der Waals surface area (Å²) in [6.07, 6.45) is -0.637. The Kier molecular flexibility index (Phi) is 3.94. The summed E-state index contributed by atoms with van der Waals surface area (Å²) in [5, 5.41) is 9.75. The predicted octanol–water partition coefficient (Wildman–Crippen LogP) is 2.82. The van der Waals surface area contributed by atoms with Crippen LogP contribution in [0.4, 0.5) is 10.1 Å². The van der Waals surface area contributed by atoms with Gasteiger partial charge in [-0.05, 0) is 19.9 Å². The fourth-order valence-electron chi connectivity index (χ4n) is 2.23. The molecular formula is C13H18FNOS. The third-order valence-corrected chi connectivity index (χ3v) is 4.31. The van der Waals surface area contributed by atoms with Crippen molar-refractivity contribution in [3.63, 3.8) is 0 Å². The Morgan fingerprint density at radius 1 is 1.53 bits per heavy atom. The average molecular weight is 255 g/mol. The second-order valence-electron chi connectivity index (χ2n) is 4.47. The maximum absolute atomic E-state index is 14.0. The Bertz CT molecular complexity index is 397. The first kappa shape index (κ1) is 12.7. The van der Waals surface area contributed by atoms with E-state index in [1.807, 2.05) is 11.8 Å². The molecule has 2 unspecified atom stereocenters. The summed E-state index contributed by atoms with van der Waals surface area (Å²) in [5.74, 6) is 1.79. The first-order valence-electron chi connectivity index (χ1n) is 5.92. The lowest BCUT2D eigenvalue weighted by Crippen LogP contribution is -2.41. The van der Waals surface area contributed by atoms with Crippen molar-refractivity contribution in [1.29, 1.82) is 0 Å². The molecule has 94 valence electrons. The van der Waals surface area contributed by atoms with Crippen LogP contribution in [0.1, 0.15) is 25.5 Å². The van der Waals surface area contributed by atoms with Crippen LogP contribution in [0.25, 0.3) is 0 Å². The molecule has 0 amide bonds. The number of rotatable bonds is 2. The lowest BCUT2D eigenvalue weighted by molar-refractivity contribution is 0.199. The number of aliphatic hydroxyl groups excluding tert-OH is 1. The molecule has 1 N–H and O–H groups in total. The minimum absolute atomic E-state index is 0.234. The molecule has 2 rings (SSSR count). The third kappa shape index (κ3) is 2.58. The number of para-hydroxylation sites is 1. The molecule has 0 bridgehead atoms. The summed E-state index contributed by atoms with van der Waals surface area (Å²) in [7, 11) is 0. The summed E-state index contributed by atoms with van der Waals surface area (Å²) in [6.45, 7) is 4.62. The Labute approximate surface area is 106 Å². The minimum atomic E-state index is -0.637. The zero-order valence-corrected chi connectivity index (χ0v) is 11.0. The molecule has 0 radical (unpaired) electrons. The highest BCUT2D eigenvalue weighted by molar-refractivity contribution is 7.99. The van der Waals surface area contributed by atoms with Crippen molar-refractivity contribution in [3.05, 3.63) is 29.6 Å². The van der Waals surface area contributed by atoms with Crippen LogP contribution in [-0.4, -0.2) is 29.2 Å². The number of aliphatic hydroxyl groups is 1. The van der Waals surface area contributed by atoms with Crippen molar-refractivity contribution < 1.29 is 9.50 Å². The van der Waals surface area contributed by atoms with E-state index in [4.69, 9.17) is 0 Å². The fraction of sp³-hybridized carbons (Fsp3) is 0.538. The fourth-order valence-corrected chi connectivity index (χ4v) is 3.25. The van der Waals surface area contributed by atoms with Gasteiger partial charge in [-0.25, -0.2) is 4.39 Å². The van der Waals surface area contributed by atoms with Gasteiger partial charge < -0.3 is 10.0 Å². The molecule has 1 heterocycles. The monoisotopic (exact) mass is 255 g/mol. The van der Waals surface area contributed by atoms with Gasteiger partial charge in [0.1, 0.15) is 5.82 Å². The lowest BCUT2D eigenvalue weighted by atomic mass is 10.1. The van der Waals surface area contributed by atoms with Crippen LogP contribution in [-0.2, 0) is 0 Å². The zero-order valence-electron chi connectivity index (χ0n) is 10.2. The Morgan fingerprint density at radius 2 is 2.29 bits per heavy atom. The molecule has 0 spiro atoms. The number of hydrogen-bond acceptors (Lipinski definition) is 3. The van der Waals surface area contributed by atoms with Crippen molar-refractivity contribution in [2.45, 2.75) is 26.0 Å². The highest BCUT2D eigenvalue weighted by atomic mass is 32.2. The summed E-state index contributed by atoms with van der Waals surface area (Å²) in [5.41, 5.74) is 1.26. The Morgan fingerprint density at radius 3 is 2.94 bits per heavy atom. The van der Waals surface area contributed by atoms with E-state index in [1.165, 1.54) is 6.07 Å². The van der Waals surface area contributed by atoms with Crippen LogP contribution < -0.4 is 4.90 Å². The number of hydrogen-bond donors (Lipinski definition) is 1. The third-order valence-electron chi connectivity index (χ3n) is 3.12. The molecule has 1 fully saturated rings. The average Bonchev–Trinajstić information content (AvgIpc) is 2.30. The largest absolute Gasteiger partial charge is 0.389 e. The van der Waals surface area contributed by atoms with E-state index in [2.05, 4.69) is 11.8 Å². The molecule has 1 aromatic rings. The van der Waals surface area contributed by atoms with Crippen molar-refractivity contribution in [2.24, 2.45) is 0 Å². The van der Waals surface area contributed by atoms with E-state index in [-0.39, 0.29) is 5.82 Å². The van der Waals surface area contributed by atoms with Crippen molar-refractivity contribution in [1.82, 2.24) is 0 Å². The van der Waals surface area contributed by atoms with Gasteiger partial charge in [0.25, 0.3) is 0 Å². The van der Waals surface area contributed by atoms with E-state index < -0.39 is 6.10 Å². The number of halogens is 1. The SMILES string of the molecule is CC(O)c1cccc(F)c1N1CCSCC1C. The van der Waals surface area contributed by atoms with Gasteiger partial charge in [0.15, 0.2) is 0 Å². The summed E-state index contributed by atoms with van der Waals surface area (Å²) >= 11 is 1.89. The van der Waals surface area contributed by atoms with Crippen LogP contribution in [0, 0.1) is 5.82 Å². The number of nitrogens with zero attached hydrogens (tertiary/aromatic N) is 1. The standard InChI is InChI=1S/C13H18FNOS/c1-9-8-17-7-6-15(9)13-11(10(2)16)4-3-5-12(13)14/h3-5,9-10,16H,6-8H2,1-2H3. The zero-order chi connectivity index (χ0) is 12.4. The van der Waals surface area contributed by atoms with Gasteiger partial charge in [-0.15, -0.1) is 0 Å². The molecule has 17 heavy (non-hydrogen) atoms. The second kappa shape index (κ2) is 5.27. The lowest BCUT2D eigenvalue weighted by Gasteiger charge is -2.36. The van der Waals surface area contributed by atoms with Gasteiger partial charge in [0.2, 0.25) is 0 Å². The van der Waals surface area contributed by atoms with Crippen molar-refractivity contribution >= 4 is 17.4 Å². The Balaban J connectivity index is 2.41. The molecule has 4 heteroatoms. The summed E-state index contributed by atoms with van der Waals surface area (Å²) in [4.78, 5) is 2.08. The first-order chi connectivity index (χ1) is 8.11. The molecule has 1 aliphatic rings. The van der Waals surface area contributed by atoms with E-state index in [0.29, 0.717) is 17.3 Å². The van der Waals surface area contributed by atoms with Gasteiger partial charge in [-0.2, -0.15) is 11.8 Å². The van der Waals surface area contributed by atoms with Gasteiger partial charge in [0.05, 0.1) is 11.8 Å². The molecule has 0 saturated carbocycles. The van der Waals surface area contributed by atoms with E-state index in [9.17, 15) is 9.50 Å². The van der Waals surface area contributed by atoms with Crippen LogP contribution in [0.5, 0.6) is 0 Å². The molecule has 1 saturated heterocycles. The Hall–Kier alpha value is -0.740. The molecule has 0 aromatic heterocycles. The summed E-state index contributed by atoms with van der Waals surface area (Å²) < 4.78 is 14.0. The predicted molar refractivity (Wildman–Crippen MR) is 71.2 cm³/mol. The molecule has 2 nitrogen and oxygen atoms in total. The normalized spacial score (nSPS) is 22.6. The number of benzene rings is 1. The second-order valence-corrected chi connectivity index (χ2v) is 5.62. The van der Waals surface area contributed by atoms with Gasteiger partial charge >= 0.3 is 0 Å². The highest BCUT2D eigenvalue weighted by Gasteiger charge is 2.25. The van der Waals surface area contributed by atoms with Gasteiger partial charge in [-0.3, -0.25) is 0 Å². The van der Waals surface area contributed by atoms with Gasteiger partial charge in [0, 0.05) is 29.7 Å². The molecule has 1 aromatic carbocycles. The quantitative estimate of drug-likeness (QED) is 0.879. The maximum Gasteiger partial charge on any atom is 0.146 e. The number of thioether (sulfide) groups is 1. The van der Waals surface area contributed by atoms with E-state index in [0.717, 1.165) is 18.1 Å². The summed E-state index contributed by atoms with van der Waals surface area (Å²) in [6, 6.07) is 5.24. The van der Waals surface area contributed by atoms with Crippen LogP contribution in [0.3, 0.4) is 0 Å². The van der Waals surface area contributed by atoms with E-state index >= 15 is 0 Å². The topological polar surface area (TPSA) is 23.5 Å². The van der Waals surface area contributed by atoms with E-state index in [1.54, 1.807) is 19.1 Å². The minimum Gasteiger partial charge on any atom is -0.389 e. The maximum atomic E-state index is 14.0. The first-order valence-corrected chi connectivity index (χ1v) is 7.07. The van der Waals surface area contributed by atoms with Gasteiger partial charge in [-0.1, -0.05) is 12.1 Å². The molecule has 2 atom stereocenters. The van der Waals surface area contributed by atoms with Crippen molar-refractivity contribution in [3.8, 4) is 0 Å². The van der Waals surface area contributed by atoms with Crippen molar-refractivity contribution in [2.75, 3.05) is 23.0 Å². The van der Waals surface area contributed by atoms with Crippen LogP contribution >= 0.6 is 11.8 Å². The smallest absolute Gasteiger partial charge is 0.146 e. The highest BCUT2D eigenvalue weighted by Crippen LogP contribution is 2.33. The number of anilines is 1. The molecular weight excluding hydrogens is 237 g/mol.